The molecule has 0 aliphatic carbocycles. The van der Waals surface area contributed by atoms with Crippen LogP contribution in [0.1, 0.15) is 43.1 Å². The monoisotopic (exact) mass is 348 g/mol. The molecule has 0 aromatic carbocycles. The van der Waals surface area contributed by atoms with Gasteiger partial charge in [0.15, 0.2) is 5.65 Å². The van der Waals surface area contributed by atoms with E-state index >= 15 is 0 Å². The van der Waals surface area contributed by atoms with Crippen LogP contribution in [-0.2, 0) is 9.53 Å². The molecule has 25 heavy (non-hydrogen) atoms. The zero-order chi connectivity index (χ0) is 17.6. The number of hydrogen-bond donors (Lipinski definition) is 1. The number of aryl methyl sites for hydroxylation is 1. The molecule has 0 radical (unpaired) electrons. The van der Waals surface area contributed by atoms with Gasteiger partial charge in [0.05, 0.1) is 30.0 Å². The number of hydrogen-bond acceptors (Lipinski definition) is 4. The van der Waals surface area contributed by atoms with Gasteiger partial charge in [-0.3, -0.25) is 14.7 Å². The normalized spacial score (nSPS) is 24.2. The largest absolute Gasteiger partial charge is 0.381 e. The topological polar surface area (TPSA) is 79.7 Å². The summed E-state index contributed by atoms with van der Waals surface area (Å²) in [6, 6.07) is 1.60. The number of nitrogens with one attached hydrogen (secondary N) is 1. The Labute approximate surface area is 143 Å². The van der Waals surface area contributed by atoms with Gasteiger partial charge in [0.25, 0.3) is 0 Å². The molecule has 2 aromatic rings. The van der Waals surface area contributed by atoms with Crippen LogP contribution in [0.5, 0.6) is 0 Å². The first-order valence-corrected chi connectivity index (χ1v) is 8.72. The molecule has 2 atom stereocenters. The van der Waals surface area contributed by atoms with E-state index in [0.29, 0.717) is 25.4 Å². The summed E-state index contributed by atoms with van der Waals surface area (Å²) in [5.41, 5.74) is 0.435. The number of ether oxygens (including phenoxy) is 1. The number of halogens is 1. The minimum atomic E-state index is -0.856. The Morgan fingerprint density at radius 3 is 3.00 bits per heavy atom. The van der Waals surface area contributed by atoms with Crippen LogP contribution in [0.15, 0.2) is 10.9 Å². The number of aromatic nitrogens is 3. The summed E-state index contributed by atoms with van der Waals surface area (Å²) in [5, 5.41) is 2.95. The maximum Gasteiger partial charge on any atom is 0.308 e. The quantitative estimate of drug-likeness (QED) is 0.893. The van der Waals surface area contributed by atoms with Gasteiger partial charge in [-0.15, -0.1) is 0 Å². The molecule has 1 N–H and O–H groups in total. The highest BCUT2D eigenvalue weighted by Gasteiger charge is 2.35. The van der Waals surface area contributed by atoms with Crippen LogP contribution in [0, 0.1) is 18.7 Å². The minimum Gasteiger partial charge on any atom is -0.381 e. The second-order valence-corrected chi connectivity index (χ2v) is 6.83. The molecular weight excluding hydrogens is 327 g/mol. The number of likely N-dealkylation sites (tertiary alicyclic amines) is 1. The van der Waals surface area contributed by atoms with Gasteiger partial charge in [-0.25, -0.2) is 4.98 Å². The van der Waals surface area contributed by atoms with Crippen LogP contribution in [0.4, 0.5) is 4.39 Å². The first kappa shape index (κ1) is 16.3. The summed E-state index contributed by atoms with van der Waals surface area (Å²) in [7, 11) is 0. The fraction of sp³-hybridized carbons (Fsp3) is 0.588. The molecule has 0 saturated carbocycles. The van der Waals surface area contributed by atoms with Crippen molar-refractivity contribution in [2.24, 2.45) is 5.92 Å². The fourth-order valence-corrected chi connectivity index (χ4v) is 3.79. The molecule has 134 valence electrons. The molecule has 4 rings (SSSR count). The standard InChI is InChI=1S/C17H21FN4O3/c1-10-15(18)17(24)22-14(19-10)8-12(20-22)13-4-2-3-6-21(13)16(23)11-5-7-25-9-11/h8,11,13,20H,2-7,9H2,1H3. The number of nitrogens with zero attached hydrogens (tertiary/aromatic N) is 3. The predicted octanol–water partition coefficient (Wildman–Crippen LogP) is 1.56. The molecular formula is C17H21FN4O3. The van der Waals surface area contributed by atoms with Crippen molar-refractivity contribution in [3.05, 3.63) is 33.6 Å². The number of piperidine rings is 1. The average Bonchev–Trinajstić information content (AvgIpc) is 3.29. The van der Waals surface area contributed by atoms with Crippen molar-refractivity contribution in [3.63, 3.8) is 0 Å². The number of aromatic amines is 1. The summed E-state index contributed by atoms with van der Waals surface area (Å²) in [5.74, 6) is -0.848. The van der Waals surface area contributed by atoms with Crippen LogP contribution < -0.4 is 5.56 Å². The van der Waals surface area contributed by atoms with Crippen LogP contribution in [-0.4, -0.2) is 45.2 Å². The highest BCUT2D eigenvalue weighted by molar-refractivity contribution is 5.79. The van der Waals surface area contributed by atoms with E-state index < -0.39 is 11.4 Å². The Morgan fingerprint density at radius 1 is 1.40 bits per heavy atom. The minimum absolute atomic E-state index is 0.0789. The van der Waals surface area contributed by atoms with Gasteiger partial charge in [0.1, 0.15) is 0 Å². The molecule has 2 saturated heterocycles. The van der Waals surface area contributed by atoms with E-state index in [-0.39, 0.29) is 23.6 Å². The molecule has 2 unspecified atom stereocenters. The molecule has 2 aromatic heterocycles. The Balaban J connectivity index is 1.71. The predicted molar refractivity (Wildman–Crippen MR) is 87.7 cm³/mol. The SMILES string of the molecule is Cc1nc2cc(C3CCCCN3C(=O)C3CCOC3)[nH]n2c(=O)c1F. The first-order valence-electron chi connectivity index (χ1n) is 8.72. The highest BCUT2D eigenvalue weighted by atomic mass is 19.1. The number of H-pyrrole nitrogens is 1. The van der Waals surface area contributed by atoms with Crippen LogP contribution in [0.25, 0.3) is 5.65 Å². The average molecular weight is 348 g/mol. The molecule has 7 nitrogen and oxygen atoms in total. The Kier molecular flexibility index (Phi) is 4.07. The molecule has 2 fully saturated rings. The molecule has 0 spiro atoms. The number of amides is 1. The van der Waals surface area contributed by atoms with Gasteiger partial charge in [-0.1, -0.05) is 0 Å². The van der Waals surface area contributed by atoms with E-state index in [9.17, 15) is 14.0 Å². The van der Waals surface area contributed by atoms with E-state index in [4.69, 9.17) is 4.74 Å². The number of fused-ring (bicyclic) bond motifs is 1. The van der Waals surface area contributed by atoms with Crippen LogP contribution in [0.3, 0.4) is 0 Å². The lowest BCUT2D eigenvalue weighted by Crippen LogP contribution is -2.42. The Morgan fingerprint density at radius 2 is 2.24 bits per heavy atom. The van der Waals surface area contributed by atoms with Gasteiger partial charge >= 0.3 is 5.56 Å². The lowest BCUT2D eigenvalue weighted by Gasteiger charge is -2.36. The summed E-state index contributed by atoms with van der Waals surface area (Å²) in [6.07, 6.45) is 3.52. The van der Waals surface area contributed by atoms with Gasteiger partial charge in [0.2, 0.25) is 11.7 Å². The summed E-state index contributed by atoms with van der Waals surface area (Å²) in [6.45, 7) is 3.25. The van der Waals surface area contributed by atoms with Crippen molar-refractivity contribution >= 4 is 11.6 Å². The second-order valence-electron chi connectivity index (χ2n) is 6.83. The smallest absolute Gasteiger partial charge is 0.308 e. The van der Waals surface area contributed by atoms with Gasteiger partial charge in [-0.05, 0) is 32.6 Å². The first-order chi connectivity index (χ1) is 12.1. The summed E-state index contributed by atoms with van der Waals surface area (Å²) >= 11 is 0. The maximum absolute atomic E-state index is 13.8. The molecule has 4 heterocycles. The molecule has 1 amide bonds. The van der Waals surface area contributed by atoms with Crippen molar-refractivity contribution in [2.75, 3.05) is 19.8 Å². The van der Waals surface area contributed by atoms with Gasteiger partial charge in [-0.2, -0.15) is 8.91 Å². The third kappa shape index (κ3) is 2.74. The van der Waals surface area contributed by atoms with Crippen molar-refractivity contribution in [1.29, 1.82) is 0 Å². The second kappa shape index (κ2) is 6.25. The van der Waals surface area contributed by atoms with Gasteiger partial charge in [0, 0.05) is 19.2 Å². The molecule has 2 aliphatic rings. The molecule has 2 aliphatic heterocycles. The molecule has 8 heteroatoms. The van der Waals surface area contributed by atoms with E-state index in [1.165, 1.54) is 6.92 Å². The van der Waals surface area contributed by atoms with E-state index in [0.717, 1.165) is 35.9 Å². The third-order valence-electron chi connectivity index (χ3n) is 5.17. The Bertz CT molecular complexity index is 869. The highest BCUT2D eigenvalue weighted by Crippen LogP contribution is 2.32. The number of carbonyl (C=O) groups excluding carboxylic acids is 1. The van der Waals surface area contributed by atoms with E-state index in [1.54, 1.807) is 6.07 Å². The number of carbonyl (C=O) groups is 1. The third-order valence-corrected chi connectivity index (χ3v) is 5.17. The zero-order valence-electron chi connectivity index (χ0n) is 14.1. The maximum atomic E-state index is 13.8. The van der Waals surface area contributed by atoms with Gasteiger partial charge < -0.3 is 9.64 Å². The summed E-state index contributed by atoms with van der Waals surface area (Å²) in [4.78, 5) is 31.0. The van der Waals surface area contributed by atoms with Crippen molar-refractivity contribution in [3.8, 4) is 0 Å². The Hall–Kier alpha value is -2.22. The van der Waals surface area contributed by atoms with Crippen molar-refractivity contribution in [2.45, 2.75) is 38.6 Å². The lowest BCUT2D eigenvalue weighted by atomic mass is 9.96. The number of rotatable bonds is 2. The molecule has 0 bridgehead atoms. The fourth-order valence-electron chi connectivity index (χ4n) is 3.79. The zero-order valence-corrected chi connectivity index (χ0v) is 14.1. The van der Waals surface area contributed by atoms with Crippen molar-refractivity contribution in [1.82, 2.24) is 19.5 Å². The van der Waals surface area contributed by atoms with Crippen LogP contribution >= 0.6 is 0 Å². The van der Waals surface area contributed by atoms with Crippen LogP contribution in [0.2, 0.25) is 0 Å². The van der Waals surface area contributed by atoms with E-state index in [2.05, 4.69) is 10.1 Å². The summed E-state index contributed by atoms with van der Waals surface area (Å²) < 4.78 is 20.3. The van der Waals surface area contributed by atoms with Crippen molar-refractivity contribution < 1.29 is 13.9 Å². The lowest BCUT2D eigenvalue weighted by molar-refractivity contribution is -0.139. The van der Waals surface area contributed by atoms with E-state index in [1.807, 2.05) is 4.90 Å².